The first-order valence-electron chi connectivity index (χ1n) is 5.87. The standard InChI is InChI=1S/C13H13N3O4S/c1-8-7-15-5-4-11(8)16-21(19,20)12-3-2-9(14)6-10(12)13(17)18/h2-7H,14H2,1H3,(H,15,16)(H,17,18). The molecule has 1 heterocycles. The molecule has 0 atom stereocenters. The van der Waals surface area contributed by atoms with Crippen LogP contribution in [0.4, 0.5) is 11.4 Å². The number of nitrogens with zero attached hydrogens (tertiary/aromatic N) is 1. The Kier molecular flexibility index (Phi) is 3.81. The zero-order valence-electron chi connectivity index (χ0n) is 11.1. The van der Waals surface area contributed by atoms with Crippen molar-refractivity contribution in [3.05, 3.63) is 47.8 Å². The Morgan fingerprint density at radius 3 is 2.67 bits per heavy atom. The number of sulfonamides is 1. The third-order valence-corrected chi connectivity index (χ3v) is 4.21. The van der Waals surface area contributed by atoms with Crippen LogP contribution in [-0.2, 0) is 10.0 Å². The van der Waals surface area contributed by atoms with Crippen LogP contribution in [0.15, 0.2) is 41.6 Å². The number of carbonyl (C=O) groups is 1. The Balaban J connectivity index is 2.50. The number of aryl methyl sites for hydroxylation is 1. The molecule has 0 unspecified atom stereocenters. The van der Waals surface area contributed by atoms with Crippen LogP contribution in [0.3, 0.4) is 0 Å². The van der Waals surface area contributed by atoms with Gasteiger partial charge in [0.2, 0.25) is 0 Å². The van der Waals surface area contributed by atoms with E-state index in [-0.39, 0.29) is 16.1 Å². The van der Waals surface area contributed by atoms with Crippen molar-refractivity contribution >= 4 is 27.4 Å². The second kappa shape index (κ2) is 5.41. The number of aromatic carboxylic acids is 1. The average molecular weight is 307 g/mol. The van der Waals surface area contributed by atoms with Crippen molar-refractivity contribution in [2.45, 2.75) is 11.8 Å². The molecule has 0 saturated carbocycles. The molecule has 0 saturated heterocycles. The lowest BCUT2D eigenvalue weighted by atomic mass is 10.2. The normalized spacial score (nSPS) is 11.1. The molecule has 0 bridgehead atoms. The van der Waals surface area contributed by atoms with E-state index >= 15 is 0 Å². The van der Waals surface area contributed by atoms with Gasteiger partial charge in [-0.25, -0.2) is 13.2 Å². The van der Waals surface area contributed by atoms with E-state index in [2.05, 4.69) is 9.71 Å². The molecular formula is C13H13N3O4S. The van der Waals surface area contributed by atoms with Gasteiger partial charge in [0.05, 0.1) is 11.3 Å². The van der Waals surface area contributed by atoms with Gasteiger partial charge < -0.3 is 10.8 Å². The van der Waals surface area contributed by atoms with Crippen molar-refractivity contribution in [1.82, 2.24) is 4.98 Å². The quantitative estimate of drug-likeness (QED) is 0.735. The third kappa shape index (κ3) is 3.11. The number of benzene rings is 1. The number of nitrogens with one attached hydrogen (secondary N) is 1. The highest BCUT2D eigenvalue weighted by Gasteiger charge is 2.23. The number of anilines is 2. The van der Waals surface area contributed by atoms with Crippen LogP contribution in [0, 0.1) is 6.92 Å². The topological polar surface area (TPSA) is 122 Å². The molecular weight excluding hydrogens is 294 g/mol. The van der Waals surface area contributed by atoms with Crippen molar-refractivity contribution in [3.63, 3.8) is 0 Å². The van der Waals surface area contributed by atoms with Crippen LogP contribution >= 0.6 is 0 Å². The minimum atomic E-state index is -4.04. The fourth-order valence-corrected chi connectivity index (χ4v) is 3.05. The summed E-state index contributed by atoms with van der Waals surface area (Å²) in [5.41, 5.74) is 6.24. The molecule has 21 heavy (non-hydrogen) atoms. The number of pyridine rings is 1. The van der Waals surface area contributed by atoms with Gasteiger partial charge in [-0.15, -0.1) is 0 Å². The Morgan fingerprint density at radius 2 is 2.05 bits per heavy atom. The van der Waals surface area contributed by atoms with Crippen molar-refractivity contribution in [1.29, 1.82) is 0 Å². The van der Waals surface area contributed by atoms with Gasteiger partial charge >= 0.3 is 5.97 Å². The number of hydrogen-bond donors (Lipinski definition) is 3. The smallest absolute Gasteiger partial charge is 0.337 e. The number of hydrogen-bond acceptors (Lipinski definition) is 5. The van der Waals surface area contributed by atoms with Crippen molar-refractivity contribution in [2.24, 2.45) is 0 Å². The van der Waals surface area contributed by atoms with E-state index in [1.165, 1.54) is 24.5 Å². The molecule has 0 fully saturated rings. The Hall–Kier alpha value is -2.61. The highest BCUT2D eigenvalue weighted by atomic mass is 32.2. The molecule has 110 valence electrons. The van der Waals surface area contributed by atoms with Crippen LogP contribution < -0.4 is 10.5 Å². The summed E-state index contributed by atoms with van der Waals surface area (Å²) >= 11 is 0. The Morgan fingerprint density at radius 1 is 1.33 bits per heavy atom. The minimum Gasteiger partial charge on any atom is -0.478 e. The van der Waals surface area contributed by atoms with Crippen molar-refractivity contribution in [2.75, 3.05) is 10.5 Å². The lowest BCUT2D eigenvalue weighted by Gasteiger charge is -2.12. The van der Waals surface area contributed by atoms with Crippen LogP contribution in [0.25, 0.3) is 0 Å². The van der Waals surface area contributed by atoms with Gasteiger partial charge in [0.25, 0.3) is 10.0 Å². The van der Waals surface area contributed by atoms with Gasteiger partial charge in [-0.05, 0) is 36.8 Å². The lowest BCUT2D eigenvalue weighted by Crippen LogP contribution is -2.17. The van der Waals surface area contributed by atoms with Gasteiger partial charge in [0.1, 0.15) is 4.90 Å². The first-order valence-corrected chi connectivity index (χ1v) is 7.36. The van der Waals surface area contributed by atoms with Crippen molar-refractivity contribution in [3.8, 4) is 0 Å². The van der Waals surface area contributed by atoms with Crippen LogP contribution in [0.5, 0.6) is 0 Å². The van der Waals surface area contributed by atoms with E-state index in [1.54, 1.807) is 6.92 Å². The summed E-state index contributed by atoms with van der Waals surface area (Å²) in [6.07, 6.45) is 2.94. The third-order valence-electron chi connectivity index (χ3n) is 2.79. The zero-order chi connectivity index (χ0) is 15.6. The van der Waals surface area contributed by atoms with Crippen LogP contribution in [0.1, 0.15) is 15.9 Å². The highest BCUT2D eigenvalue weighted by molar-refractivity contribution is 7.92. The van der Waals surface area contributed by atoms with E-state index in [1.807, 2.05) is 0 Å². The highest BCUT2D eigenvalue weighted by Crippen LogP contribution is 2.23. The first kappa shape index (κ1) is 14.8. The molecule has 2 aromatic rings. The molecule has 4 N–H and O–H groups in total. The monoisotopic (exact) mass is 307 g/mol. The lowest BCUT2D eigenvalue weighted by molar-refractivity contribution is 0.0692. The van der Waals surface area contributed by atoms with Crippen molar-refractivity contribution < 1.29 is 18.3 Å². The second-order valence-electron chi connectivity index (χ2n) is 4.36. The Labute approximate surface area is 121 Å². The molecule has 2 rings (SSSR count). The van der Waals surface area contributed by atoms with E-state index in [9.17, 15) is 13.2 Å². The molecule has 0 aliphatic rings. The number of carboxylic acid groups (broad SMARTS) is 1. The molecule has 1 aromatic carbocycles. The largest absolute Gasteiger partial charge is 0.478 e. The predicted molar refractivity (Wildman–Crippen MR) is 77.6 cm³/mol. The van der Waals surface area contributed by atoms with E-state index in [0.717, 1.165) is 12.1 Å². The molecule has 0 radical (unpaired) electrons. The van der Waals surface area contributed by atoms with Gasteiger partial charge in [0.15, 0.2) is 0 Å². The maximum atomic E-state index is 12.4. The summed E-state index contributed by atoms with van der Waals surface area (Å²) in [4.78, 5) is 14.7. The number of nitrogens with two attached hydrogens (primary N) is 1. The number of aromatic nitrogens is 1. The molecule has 0 aliphatic heterocycles. The van der Waals surface area contributed by atoms with Crippen LogP contribution in [0.2, 0.25) is 0 Å². The number of carboxylic acids is 1. The minimum absolute atomic E-state index is 0.173. The van der Waals surface area contributed by atoms with Gasteiger partial charge in [-0.1, -0.05) is 0 Å². The SMILES string of the molecule is Cc1cnccc1NS(=O)(=O)c1ccc(N)cc1C(=O)O. The van der Waals surface area contributed by atoms with Gasteiger partial charge in [-0.2, -0.15) is 0 Å². The molecule has 0 spiro atoms. The molecule has 1 aromatic heterocycles. The molecule has 7 nitrogen and oxygen atoms in total. The van der Waals surface area contributed by atoms with E-state index in [0.29, 0.717) is 11.3 Å². The summed E-state index contributed by atoms with van der Waals surface area (Å²) < 4.78 is 27.1. The zero-order valence-corrected chi connectivity index (χ0v) is 11.9. The molecule has 8 heteroatoms. The molecule has 0 amide bonds. The summed E-state index contributed by atoms with van der Waals surface area (Å²) in [6, 6.07) is 5.10. The maximum absolute atomic E-state index is 12.4. The summed E-state index contributed by atoms with van der Waals surface area (Å²) in [7, 11) is -4.04. The Bertz CT molecular complexity index is 803. The fraction of sp³-hybridized carbons (Fsp3) is 0.0769. The van der Waals surface area contributed by atoms with E-state index < -0.39 is 16.0 Å². The van der Waals surface area contributed by atoms with E-state index in [4.69, 9.17) is 10.8 Å². The first-order chi connectivity index (χ1) is 9.81. The molecule has 0 aliphatic carbocycles. The van der Waals surface area contributed by atoms with Gasteiger partial charge in [-0.3, -0.25) is 9.71 Å². The van der Waals surface area contributed by atoms with Gasteiger partial charge in [0, 0.05) is 18.1 Å². The summed E-state index contributed by atoms with van der Waals surface area (Å²) in [5, 5.41) is 9.12. The number of nitrogen functional groups attached to an aromatic ring is 1. The summed E-state index contributed by atoms with van der Waals surface area (Å²) in [6.45, 7) is 1.69. The number of rotatable bonds is 4. The van der Waals surface area contributed by atoms with Crippen LogP contribution in [-0.4, -0.2) is 24.5 Å². The predicted octanol–water partition coefficient (Wildman–Crippen LogP) is 1.47. The maximum Gasteiger partial charge on any atom is 0.337 e. The second-order valence-corrected chi connectivity index (χ2v) is 6.01. The summed E-state index contributed by atoms with van der Waals surface area (Å²) in [5.74, 6) is -1.37. The average Bonchev–Trinajstić information content (AvgIpc) is 2.40. The fourth-order valence-electron chi connectivity index (χ4n) is 1.74.